The number of hydrogen-bond acceptors (Lipinski definition) is 3. The second kappa shape index (κ2) is 6.33. The molecule has 2 unspecified atom stereocenters. The largest absolute Gasteiger partial charge is 0.478 e. The van der Waals surface area contributed by atoms with Crippen molar-refractivity contribution in [3.8, 4) is 0 Å². The van der Waals surface area contributed by atoms with Crippen molar-refractivity contribution < 1.29 is 23.8 Å². The molecule has 0 spiro atoms. The molecule has 2 rings (SSSR count). The Kier molecular flexibility index (Phi) is 4.73. The molecule has 1 aromatic carbocycles. The number of benzene rings is 1. The van der Waals surface area contributed by atoms with Crippen LogP contribution in [0.15, 0.2) is 18.2 Å². The van der Waals surface area contributed by atoms with Gasteiger partial charge in [0.25, 0.3) is 0 Å². The van der Waals surface area contributed by atoms with E-state index in [1.54, 1.807) is 6.07 Å². The Morgan fingerprint density at radius 3 is 2.65 bits per heavy atom. The van der Waals surface area contributed by atoms with Crippen LogP contribution < -0.4 is 0 Å². The fourth-order valence-electron chi connectivity index (χ4n) is 2.54. The van der Waals surface area contributed by atoms with Crippen LogP contribution in [-0.2, 0) is 16.1 Å². The number of halogens is 1. The van der Waals surface area contributed by atoms with Gasteiger partial charge in [0.1, 0.15) is 5.82 Å². The average Bonchev–Trinajstić information content (AvgIpc) is 2.36. The Balaban J connectivity index is 2.00. The zero-order chi connectivity index (χ0) is 14.7. The highest BCUT2D eigenvalue weighted by Gasteiger charge is 2.25. The maximum atomic E-state index is 13.9. The van der Waals surface area contributed by atoms with Gasteiger partial charge in [0.2, 0.25) is 0 Å². The predicted molar refractivity (Wildman–Crippen MR) is 71.2 cm³/mol. The van der Waals surface area contributed by atoms with E-state index in [-0.39, 0.29) is 36.0 Å². The third-order valence-corrected chi connectivity index (χ3v) is 3.44. The first-order valence-electron chi connectivity index (χ1n) is 6.75. The molecular formula is C15H19FO4. The topological polar surface area (TPSA) is 55.8 Å². The van der Waals surface area contributed by atoms with Crippen LogP contribution >= 0.6 is 0 Å². The number of hydrogen-bond donors (Lipinski definition) is 1. The number of rotatable bonds is 4. The molecule has 1 N–H and O–H groups in total. The van der Waals surface area contributed by atoms with Gasteiger partial charge in [-0.05, 0) is 32.8 Å². The maximum Gasteiger partial charge on any atom is 0.338 e. The van der Waals surface area contributed by atoms with Gasteiger partial charge in [0, 0.05) is 5.56 Å². The van der Waals surface area contributed by atoms with Gasteiger partial charge in [-0.1, -0.05) is 12.1 Å². The van der Waals surface area contributed by atoms with E-state index < -0.39 is 11.8 Å². The van der Waals surface area contributed by atoms with Crippen molar-refractivity contribution in [3.05, 3.63) is 35.1 Å². The van der Waals surface area contributed by atoms with Crippen LogP contribution in [0.5, 0.6) is 0 Å². The van der Waals surface area contributed by atoms with Crippen LogP contribution in [0.1, 0.15) is 42.6 Å². The van der Waals surface area contributed by atoms with E-state index in [4.69, 9.17) is 14.6 Å². The third kappa shape index (κ3) is 3.55. The minimum absolute atomic E-state index is 0.0154. The van der Waals surface area contributed by atoms with Crippen LogP contribution in [0, 0.1) is 5.82 Å². The normalized spacial score (nSPS) is 26.4. The molecule has 0 radical (unpaired) electrons. The van der Waals surface area contributed by atoms with Crippen LogP contribution in [0.2, 0.25) is 0 Å². The summed E-state index contributed by atoms with van der Waals surface area (Å²) >= 11 is 0. The SMILES string of the molecule is CC1CC(OCc2cccc(C(=O)O)c2F)CC(C)O1. The highest BCUT2D eigenvalue weighted by Crippen LogP contribution is 2.23. The van der Waals surface area contributed by atoms with Gasteiger partial charge < -0.3 is 14.6 Å². The van der Waals surface area contributed by atoms with Crippen molar-refractivity contribution in [2.45, 2.75) is 51.6 Å². The van der Waals surface area contributed by atoms with E-state index in [0.717, 1.165) is 12.8 Å². The third-order valence-electron chi connectivity index (χ3n) is 3.44. The quantitative estimate of drug-likeness (QED) is 0.922. The van der Waals surface area contributed by atoms with Crippen molar-refractivity contribution in [2.24, 2.45) is 0 Å². The van der Waals surface area contributed by atoms with Gasteiger partial charge in [0.15, 0.2) is 0 Å². The summed E-state index contributed by atoms with van der Waals surface area (Å²) in [6.45, 7) is 4.05. The fourth-order valence-corrected chi connectivity index (χ4v) is 2.54. The molecule has 1 aromatic rings. The van der Waals surface area contributed by atoms with Crippen molar-refractivity contribution in [3.63, 3.8) is 0 Å². The lowest BCUT2D eigenvalue weighted by atomic mass is 10.0. The first-order valence-corrected chi connectivity index (χ1v) is 6.75. The lowest BCUT2D eigenvalue weighted by Crippen LogP contribution is -2.34. The molecule has 1 aliphatic heterocycles. The highest BCUT2D eigenvalue weighted by atomic mass is 19.1. The lowest BCUT2D eigenvalue weighted by molar-refractivity contribution is -0.106. The summed E-state index contributed by atoms with van der Waals surface area (Å²) in [6.07, 6.45) is 1.80. The molecule has 20 heavy (non-hydrogen) atoms. The average molecular weight is 282 g/mol. The van der Waals surface area contributed by atoms with Crippen molar-refractivity contribution in [1.82, 2.24) is 0 Å². The van der Waals surface area contributed by atoms with Crippen molar-refractivity contribution in [1.29, 1.82) is 0 Å². The van der Waals surface area contributed by atoms with Crippen LogP contribution in [-0.4, -0.2) is 29.4 Å². The highest BCUT2D eigenvalue weighted by molar-refractivity contribution is 5.88. The molecule has 1 saturated heterocycles. The van der Waals surface area contributed by atoms with Crippen molar-refractivity contribution >= 4 is 5.97 Å². The lowest BCUT2D eigenvalue weighted by Gasteiger charge is -2.32. The van der Waals surface area contributed by atoms with Gasteiger partial charge in [-0.3, -0.25) is 0 Å². The maximum absolute atomic E-state index is 13.9. The van der Waals surface area contributed by atoms with E-state index in [1.165, 1.54) is 12.1 Å². The van der Waals surface area contributed by atoms with Crippen molar-refractivity contribution in [2.75, 3.05) is 0 Å². The molecular weight excluding hydrogens is 263 g/mol. The second-order valence-corrected chi connectivity index (χ2v) is 5.25. The molecule has 1 aliphatic rings. The molecule has 1 heterocycles. The van der Waals surface area contributed by atoms with Gasteiger partial charge in [0.05, 0.1) is 30.5 Å². The standard InChI is InChI=1S/C15H19FO4/c1-9-6-12(7-10(2)20-9)19-8-11-4-3-5-13(14(11)16)15(17)18/h3-5,9-10,12H,6-8H2,1-2H3,(H,17,18). The second-order valence-electron chi connectivity index (χ2n) is 5.25. The smallest absolute Gasteiger partial charge is 0.338 e. The van der Waals surface area contributed by atoms with E-state index in [2.05, 4.69) is 0 Å². The van der Waals surface area contributed by atoms with Crippen LogP contribution in [0.4, 0.5) is 4.39 Å². The van der Waals surface area contributed by atoms with E-state index in [9.17, 15) is 9.18 Å². The Morgan fingerprint density at radius 2 is 2.05 bits per heavy atom. The summed E-state index contributed by atoms with van der Waals surface area (Å²) < 4.78 is 25.3. The molecule has 4 nitrogen and oxygen atoms in total. The molecule has 0 aromatic heterocycles. The molecule has 0 aliphatic carbocycles. The molecule has 0 saturated carbocycles. The molecule has 5 heteroatoms. The summed E-state index contributed by atoms with van der Waals surface area (Å²) in [6, 6.07) is 4.33. The predicted octanol–water partition coefficient (Wildman–Crippen LogP) is 3.00. The molecule has 2 atom stereocenters. The Bertz CT molecular complexity index is 479. The van der Waals surface area contributed by atoms with Crippen LogP contribution in [0.3, 0.4) is 0 Å². The molecule has 0 amide bonds. The minimum Gasteiger partial charge on any atom is -0.478 e. The Labute approximate surface area is 117 Å². The van der Waals surface area contributed by atoms with E-state index >= 15 is 0 Å². The first kappa shape index (κ1) is 14.9. The summed E-state index contributed by atoms with van der Waals surface area (Å²) in [7, 11) is 0. The fraction of sp³-hybridized carbons (Fsp3) is 0.533. The van der Waals surface area contributed by atoms with E-state index in [0.29, 0.717) is 0 Å². The number of carboxylic acids is 1. The zero-order valence-corrected chi connectivity index (χ0v) is 11.6. The summed E-state index contributed by atoms with van der Waals surface area (Å²) in [4.78, 5) is 10.9. The summed E-state index contributed by atoms with van der Waals surface area (Å²) in [5, 5.41) is 8.88. The number of carboxylic acid groups (broad SMARTS) is 1. The minimum atomic E-state index is -1.27. The number of ether oxygens (including phenoxy) is 2. The molecule has 0 bridgehead atoms. The van der Waals surface area contributed by atoms with E-state index in [1.807, 2.05) is 13.8 Å². The number of carbonyl (C=O) groups is 1. The summed E-state index contributed by atoms with van der Waals surface area (Å²) in [5.74, 6) is -1.98. The first-order chi connectivity index (χ1) is 9.47. The molecule has 1 fully saturated rings. The monoisotopic (exact) mass is 282 g/mol. The van der Waals surface area contributed by atoms with Gasteiger partial charge >= 0.3 is 5.97 Å². The number of aromatic carboxylic acids is 1. The Morgan fingerprint density at radius 1 is 1.40 bits per heavy atom. The Hall–Kier alpha value is -1.46. The summed E-state index contributed by atoms with van der Waals surface area (Å²) in [5.41, 5.74) is -0.0449. The zero-order valence-electron chi connectivity index (χ0n) is 11.6. The van der Waals surface area contributed by atoms with Gasteiger partial charge in [-0.2, -0.15) is 0 Å². The molecule has 110 valence electrons. The van der Waals surface area contributed by atoms with Gasteiger partial charge in [-0.15, -0.1) is 0 Å². The van der Waals surface area contributed by atoms with Gasteiger partial charge in [-0.25, -0.2) is 9.18 Å². The van der Waals surface area contributed by atoms with Crippen LogP contribution in [0.25, 0.3) is 0 Å².